The quantitative estimate of drug-likeness (QED) is 0.913. The third-order valence-electron chi connectivity index (χ3n) is 4.65. The lowest BCUT2D eigenvalue weighted by molar-refractivity contribution is 0.102. The molecule has 0 bridgehead atoms. The molecule has 0 radical (unpaired) electrons. The van der Waals surface area contributed by atoms with E-state index in [4.69, 9.17) is 0 Å². The Kier molecular flexibility index (Phi) is 3.69. The summed E-state index contributed by atoms with van der Waals surface area (Å²) in [5.74, 6) is -0.134. The number of fused-ring (bicyclic) bond motifs is 1. The molecule has 1 aliphatic carbocycles. The first-order valence-electron chi connectivity index (χ1n) is 8.29. The maximum absolute atomic E-state index is 12.4. The molecule has 0 saturated carbocycles. The minimum absolute atomic E-state index is 0.0923. The zero-order valence-electron chi connectivity index (χ0n) is 13.3. The van der Waals surface area contributed by atoms with Crippen molar-refractivity contribution in [2.75, 3.05) is 23.3 Å². The normalized spacial score (nSPS) is 16.0. The third-order valence-corrected chi connectivity index (χ3v) is 4.65. The fraction of sp³-hybridized carbons (Fsp3) is 0.263. The highest BCUT2D eigenvalue weighted by molar-refractivity contribution is 6.04. The summed E-state index contributed by atoms with van der Waals surface area (Å²) in [5, 5.41) is 5.72. The van der Waals surface area contributed by atoms with Gasteiger partial charge in [-0.05, 0) is 66.8 Å². The summed E-state index contributed by atoms with van der Waals surface area (Å²) < 4.78 is 0. The predicted octanol–water partition coefficient (Wildman–Crippen LogP) is 2.96. The van der Waals surface area contributed by atoms with Crippen LogP contribution in [0.5, 0.6) is 0 Å². The van der Waals surface area contributed by atoms with E-state index < -0.39 is 0 Å². The second-order valence-corrected chi connectivity index (χ2v) is 6.22. The van der Waals surface area contributed by atoms with Crippen LogP contribution in [0.25, 0.3) is 0 Å². The van der Waals surface area contributed by atoms with Crippen LogP contribution in [-0.4, -0.2) is 25.0 Å². The summed E-state index contributed by atoms with van der Waals surface area (Å²) in [6, 6.07) is 13.2. The molecule has 2 N–H and O–H groups in total. The first-order chi connectivity index (χ1) is 11.7. The van der Waals surface area contributed by atoms with Gasteiger partial charge < -0.3 is 10.6 Å². The van der Waals surface area contributed by atoms with Crippen LogP contribution in [-0.2, 0) is 12.8 Å². The largest absolute Gasteiger partial charge is 0.336 e. The van der Waals surface area contributed by atoms with Crippen LogP contribution in [0.2, 0.25) is 0 Å². The van der Waals surface area contributed by atoms with Gasteiger partial charge >= 0.3 is 6.03 Å². The zero-order valence-corrected chi connectivity index (χ0v) is 13.3. The topological polar surface area (TPSA) is 61.4 Å². The van der Waals surface area contributed by atoms with Crippen LogP contribution in [0.4, 0.5) is 16.2 Å². The van der Waals surface area contributed by atoms with Crippen LogP contribution in [0.3, 0.4) is 0 Å². The van der Waals surface area contributed by atoms with Crippen LogP contribution in [0.15, 0.2) is 42.5 Å². The Labute approximate surface area is 140 Å². The second-order valence-electron chi connectivity index (χ2n) is 6.22. The highest BCUT2D eigenvalue weighted by Gasteiger charge is 2.21. The number of nitrogens with one attached hydrogen (secondary N) is 2. The van der Waals surface area contributed by atoms with Crippen molar-refractivity contribution < 1.29 is 9.59 Å². The molecule has 3 amide bonds. The Morgan fingerprint density at radius 3 is 2.58 bits per heavy atom. The molecule has 1 heterocycles. The molecular weight excluding hydrogens is 302 g/mol. The van der Waals surface area contributed by atoms with Crippen molar-refractivity contribution in [1.29, 1.82) is 0 Å². The standard InChI is InChI=1S/C19H19N3O2/c23-18(21-16-7-4-13-2-1-3-15(13)12-16)14-5-8-17(9-6-14)22-11-10-20-19(22)24/h4-9,12H,1-3,10-11H2,(H,20,24)(H,21,23). The molecule has 4 rings (SSSR count). The number of hydrogen-bond acceptors (Lipinski definition) is 2. The van der Waals surface area contributed by atoms with E-state index in [-0.39, 0.29) is 11.9 Å². The Bertz CT molecular complexity index is 799. The van der Waals surface area contributed by atoms with E-state index in [1.165, 1.54) is 17.5 Å². The zero-order chi connectivity index (χ0) is 16.5. The SMILES string of the molecule is O=C(Nc1ccc2c(c1)CCC2)c1ccc(N2CCNC2=O)cc1. The number of urea groups is 1. The average molecular weight is 321 g/mol. The van der Waals surface area contributed by atoms with Gasteiger partial charge in [-0.25, -0.2) is 4.79 Å². The van der Waals surface area contributed by atoms with Crippen molar-refractivity contribution in [1.82, 2.24) is 5.32 Å². The number of anilines is 2. The maximum atomic E-state index is 12.4. The van der Waals surface area contributed by atoms with Gasteiger partial charge in [-0.3, -0.25) is 9.69 Å². The summed E-state index contributed by atoms with van der Waals surface area (Å²) >= 11 is 0. The summed E-state index contributed by atoms with van der Waals surface area (Å²) in [6.45, 7) is 1.30. The molecule has 2 aromatic rings. The van der Waals surface area contributed by atoms with Gasteiger partial charge in [-0.1, -0.05) is 6.07 Å². The number of amides is 3. The Morgan fingerprint density at radius 1 is 1.04 bits per heavy atom. The van der Waals surface area contributed by atoms with E-state index in [2.05, 4.69) is 22.8 Å². The number of aryl methyl sites for hydroxylation is 2. The van der Waals surface area contributed by atoms with Gasteiger partial charge in [0.05, 0.1) is 0 Å². The van der Waals surface area contributed by atoms with Gasteiger partial charge in [0.15, 0.2) is 0 Å². The molecule has 1 aliphatic heterocycles. The Balaban J connectivity index is 1.47. The van der Waals surface area contributed by atoms with Gasteiger partial charge in [-0.2, -0.15) is 0 Å². The smallest absolute Gasteiger partial charge is 0.321 e. The van der Waals surface area contributed by atoms with Crippen LogP contribution in [0.1, 0.15) is 27.9 Å². The summed E-state index contributed by atoms with van der Waals surface area (Å²) in [6.07, 6.45) is 3.42. The van der Waals surface area contributed by atoms with Gasteiger partial charge in [0.25, 0.3) is 5.91 Å². The second kappa shape index (κ2) is 6.00. The van der Waals surface area contributed by atoms with Crippen molar-refractivity contribution >= 4 is 23.3 Å². The predicted molar refractivity (Wildman–Crippen MR) is 93.6 cm³/mol. The van der Waals surface area contributed by atoms with Gasteiger partial charge in [0, 0.05) is 30.0 Å². The molecule has 1 saturated heterocycles. The fourth-order valence-corrected chi connectivity index (χ4v) is 3.36. The molecule has 1 fully saturated rings. The number of carbonyl (C=O) groups excluding carboxylic acids is 2. The van der Waals surface area contributed by atoms with E-state index in [0.29, 0.717) is 18.7 Å². The number of nitrogens with zero attached hydrogens (tertiary/aromatic N) is 1. The summed E-state index contributed by atoms with van der Waals surface area (Å²) in [5.41, 5.74) is 4.95. The van der Waals surface area contributed by atoms with Crippen LogP contribution < -0.4 is 15.5 Å². The fourth-order valence-electron chi connectivity index (χ4n) is 3.36. The van der Waals surface area contributed by atoms with Gasteiger partial charge in [-0.15, -0.1) is 0 Å². The lowest BCUT2D eigenvalue weighted by atomic mass is 10.1. The molecule has 122 valence electrons. The van der Waals surface area contributed by atoms with Gasteiger partial charge in [0.2, 0.25) is 0 Å². The molecule has 24 heavy (non-hydrogen) atoms. The number of carbonyl (C=O) groups is 2. The molecule has 0 atom stereocenters. The summed E-state index contributed by atoms with van der Waals surface area (Å²) in [4.78, 5) is 25.7. The molecule has 0 aromatic heterocycles. The van der Waals surface area contributed by atoms with Crippen LogP contribution in [0, 0.1) is 0 Å². The number of rotatable bonds is 3. The first-order valence-corrected chi connectivity index (χ1v) is 8.29. The average Bonchev–Trinajstić information content (AvgIpc) is 3.23. The first kappa shape index (κ1) is 14.8. The minimum atomic E-state index is -0.134. The molecular formula is C19H19N3O2. The van der Waals surface area contributed by atoms with E-state index in [1.807, 2.05) is 18.2 Å². The Hall–Kier alpha value is -2.82. The molecule has 0 spiro atoms. The van der Waals surface area contributed by atoms with Gasteiger partial charge in [0.1, 0.15) is 0 Å². The monoisotopic (exact) mass is 321 g/mol. The van der Waals surface area contributed by atoms with Crippen molar-refractivity contribution in [2.45, 2.75) is 19.3 Å². The molecule has 5 nitrogen and oxygen atoms in total. The molecule has 2 aliphatic rings. The number of hydrogen-bond donors (Lipinski definition) is 2. The van der Waals surface area contributed by atoms with Crippen molar-refractivity contribution in [2.24, 2.45) is 0 Å². The third kappa shape index (κ3) is 2.73. The molecule has 2 aromatic carbocycles. The van der Waals surface area contributed by atoms with Crippen LogP contribution >= 0.6 is 0 Å². The van der Waals surface area contributed by atoms with E-state index >= 15 is 0 Å². The highest BCUT2D eigenvalue weighted by Crippen LogP contribution is 2.25. The van der Waals surface area contributed by atoms with Crippen molar-refractivity contribution in [3.63, 3.8) is 0 Å². The maximum Gasteiger partial charge on any atom is 0.321 e. The Morgan fingerprint density at radius 2 is 1.83 bits per heavy atom. The van der Waals surface area contributed by atoms with E-state index in [1.54, 1.807) is 17.0 Å². The minimum Gasteiger partial charge on any atom is -0.336 e. The summed E-state index contributed by atoms with van der Waals surface area (Å²) in [7, 11) is 0. The van der Waals surface area contributed by atoms with Crippen molar-refractivity contribution in [3.8, 4) is 0 Å². The van der Waals surface area contributed by atoms with E-state index in [9.17, 15) is 9.59 Å². The highest BCUT2D eigenvalue weighted by atomic mass is 16.2. The van der Waals surface area contributed by atoms with Crippen molar-refractivity contribution in [3.05, 3.63) is 59.2 Å². The molecule has 5 heteroatoms. The van der Waals surface area contributed by atoms with E-state index in [0.717, 1.165) is 24.2 Å². The lowest BCUT2D eigenvalue weighted by Gasteiger charge is -2.14. The molecule has 0 unspecified atom stereocenters. The number of benzene rings is 2. The lowest BCUT2D eigenvalue weighted by Crippen LogP contribution is -2.27.